The van der Waals surface area contributed by atoms with E-state index in [0.717, 1.165) is 0 Å². The molecule has 0 unspecified atom stereocenters. The van der Waals surface area contributed by atoms with E-state index >= 15 is 0 Å². The summed E-state index contributed by atoms with van der Waals surface area (Å²) in [5, 5.41) is 0.865. The van der Waals surface area contributed by atoms with Gasteiger partial charge in [-0.1, -0.05) is 51.1 Å². The number of halogens is 2. The summed E-state index contributed by atoms with van der Waals surface area (Å²) in [7, 11) is 0. The van der Waals surface area contributed by atoms with E-state index in [0.29, 0.717) is 36.5 Å². The quantitative estimate of drug-likeness (QED) is 0.465. The Kier molecular flexibility index (Phi) is 6.92. The Morgan fingerprint density at radius 1 is 1.19 bits per heavy atom. The normalized spacial score (nSPS) is 18.5. The maximum Gasteiger partial charge on any atom is 0.351 e. The van der Waals surface area contributed by atoms with Crippen LogP contribution in [0.25, 0.3) is 22.3 Å². The molecule has 1 saturated heterocycles. The molecule has 0 radical (unpaired) electrons. The van der Waals surface area contributed by atoms with Gasteiger partial charge >= 0.3 is 5.69 Å². The first-order valence-electron chi connectivity index (χ1n) is 12.0. The first-order valence-corrected chi connectivity index (χ1v) is 12.3. The standard InChI is InChI=1S/C27H31ClFN5O2/c1-7-22(35)32-13-17(3)33(14-16(32)2)25-19-12-20(28)23(18-10-8-9-11-21(18)29)30-24(19)34(26(36)31-25)15-27(4,5)6/h7-12,16-17H,1,13-15H2,2-6H3/t16-,17-/m0/s1. The van der Waals surface area contributed by atoms with Crippen molar-refractivity contribution >= 4 is 34.4 Å². The zero-order valence-electron chi connectivity index (χ0n) is 21.3. The van der Waals surface area contributed by atoms with Crippen molar-refractivity contribution in [2.24, 2.45) is 5.41 Å². The van der Waals surface area contributed by atoms with Gasteiger partial charge in [0.25, 0.3) is 0 Å². The second kappa shape index (κ2) is 9.65. The molecule has 1 fully saturated rings. The van der Waals surface area contributed by atoms with Crippen LogP contribution in [0, 0.1) is 11.2 Å². The number of carbonyl (C=O) groups is 1. The summed E-state index contributed by atoms with van der Waals surface area (Å²) < 4.78 is 16.2. The van der Waals surface area contributed by atoms with Crippen molar-refractivity contribution in [3.63, 3.8) is 0 Å². The molecular formula is C27H31ClFN5O2. The summed E-state index contributed by atoms with van der Waals surface area (Å²) >= 11 is 6.67. The van der Waals surface area contributed by atoms with Crippen molar-refractivity contribution in [1.29, 1.82) is 0 Å². The lowest BCUT2D eigenvalue weighted by atomic mass is 9.97. The fraction of sp³-hybridized carbons (Fsp3) is 0.407. The van der Waals surface area contributed by atoms with Crippen molar-refractivity contribution in [2.45, 2.75) is 53.2 Å². The van der Waals surface area contributed by atoms with Gasteiger partial charge in [0.15, 0.2) is 0 Å². The van der Waals surface area contributed by atoms with Crippen LogP contribution in [0.4, 0.5) is 10.2 Å². The lowest BCUT2D eigenvalue weighted by Crippen LogP contribution is -2.58. The molecule has 1 aromatic carbocycles. The van der Waals surface area contributed by atoms with Crippen LogP contribution in [0.5, 0.6) is 0 Å². The zero-order chi connectivity index (χ0) is 26.4. The highest BCUT2D eigenvalue weighted by Gasteiger charge is 2.33. The Balaban J connectivity index is 1.94. The molecule has 4 rings (SSSR count). The highest BCUT2D eigenvalue weighted by atomic mass is 35.5. The van der Waals surface area contributed by atoms with Crippen LogP contribution in [0.2, 0.25) is 5.02 Å². The van der Waals surface area contributed by atoms with E-state index in [1.54, 1.807) is 29.2 Å². The zero-order valence-corrected chi connectivity index (χ0v) is 22.0. The number of anilines is 1. The van der Waals surface area contributed by atoms with Gasteiger partial charge in [0.1, 0.15) is 17.3 Å². The van der Waals surface area contributed by atoms with Gasteiger partial charge < -0.3 is 9.80 Å². The Morgan fingerprint density at radius 3 is 2.53 bits per heavy atom. The van der Waals surface area contributed by atoms with Crippen LogP contribution >= 0.6 is 11.6 Å². The van der Waals surface area contributed by atoms with Crippen molar-refractivity contribution in [2.75, 3.05) is 18.0 Å². The average molecular weight is 512 g/mol. The molecule has 3 aromatic rings. The SMILES string of the molecule is C=CC(=O)N1C[C@H](C)N(c2nc(=O)n(CC(C)(C)C)c3nc(-c4ccccc4F)c(Cl)cc23)C[C@@H]1C. The number of benzene rings is 1. The minimum Gasteiger partial charge on any atom is -0.349 e. The van der Waals surface area contributed by atoms with Gasteiger partial charge in [-0.3, -0.25) is 9.36 Å². The van der Waals surface area contributed by atoms with E-state index in [1.807, 2.05) is 39.5 Å². The third kappa shape index (κ3) is 4.87. The molecular weight excluding hydrogens is 481 g/mol. The number of hydrogen-bond acceptors (Lipinski definition) is 5. The molecule has 190 valence electrons. The molecule has 1 aliphatic heterocycles. The lowest BCUT2D eigenvalue weighted by molar-refractivity contribution is -0.128. The average Bonchev–Trinajstić information content (AvgIpc) is 2.81. The van der Waals surface area contributed by atoms with Crippen molar-refractivity contribution in [3.05, 3.63) is 64.3 Å². The first-order chi connectivity index (χ1) is 16.9. The van der Waals surface area contributed by atoms with Gasteiger partial charge in [-0.05, 0) is 43.5 Å². The summed E-state index contributed by atoms with van der Waals surface area (Å²) in [6.45, 7) is 14.9. The van der Waals surface area contributed by atoms with E-state index < -0.39 is 11.5 Å². The number of amides is 1. The minimum atomic E-state index is -0.448. The monoisotopic (exact) mass is 511 g/mol. The van der Waals surface area contributed by atoms with Gasteiger partial charge in [-0.25, -0.2) is 14.2 Å². The number of fused-ring (bicyclic) bond motifs is 1. The Hall–Kier alpha value is -3.26. The molecule has 7 nitrogen and oxygen atoms in total. The molecule has 0 saturated carbocycles. The summed E-state index contributed by atoms with van der Waals surface area (Å²) in [6, 6.07) is 7.75. The molecule has 36 heavy (non-hydrogen) atoms. The van der Waals surface area contributed by atoms with Crippen LogP contribution in [0.1, 0.15) is 34.6 Å². The van der Waals surface area contributed by atoms with E-state index in [4.69, 9.17) is 16.6 Å². The van der Waals surface area contributed by atoms with Gasteiger partial charge in [-0.15, -0.1) is 0 Å². The van der Waals surface area contributed by atoms with E-state index in [-0.39, 0.29) is 39.7 Å². The third-order valence-corrected chi connectivity index (χ3v) is 6.65. The Bertz CT molecular complexity index is 1400. The van der Waals surface area contributed by atoms with Gasteiger partial charge in [0.05, 0.1) is 16.1 Å². The maximum absolute atomic E-state index is 14.7. The number of nitrogens with zero attached hydrogens (tertiary/aromatic N) is 5. The summed E-state index contributed by atoms with van der Waals surface area (Å²) in [5.41, 5.74) is 0.247. The Morgan fingerprint density at radius 2 is 1.89 bits per heavy atom. The molecule has 0 spiro atoms. The highest BCUT2D eigenvalue weighted by Crippen LogP contribution is 2.35. The number of rotatable bonds is 4. The fourth-order valence-corrected chi connectivity index (χ4v) is 4.93. The van der Waals surface area contributed by atoms with Crippen LogP contribution in [-0.4, -0.2) is 50.5 Å². The van der Waals surface area contributed by atoms with E-state index in [2.05, 4.69) is 11.6 Å². The van der Waals surface area contributed by atoms with Crippen LogP contribution in [-0.2, 0) is 11.3 Å². The smallest absolute Gasteiger partial charge is 0.349 e. The van der Waals surface area contributed by atoms with E-state index in [9.17, 15) is 14.0 Å². The second-order valence-corrected chi connectivity index (χ2v) is 11.0. The van der Waals surface area contributed by atoms with Crippen molar-refractivity contribution in [3.8, 4) is 11.3 Å². The number of piperazine rings is 1. The first kappa shape index (κ1) is 25.8. The lowest BCUT2D eigenvalue weighted by Gasteiger charge is -2.44. The number of pyridine rings is 1. The summed E-state index contributed by atoms with van der Waals surface area (Å²) in [4.78, 5) is 38.7. The molecule has 1 amide bonds. The largest absolute Gasteiger partial charge is 0.351 e. The Labute approximate surface area is 215 Å². The second-order valence-electron chi connectivity index (χ2n) is 10.6. The molecule has 2 aromatic heterocycles. The molecule has 0 bridgehead atoms. The highest BCUT2D eigenvalue weighted by molar-refractivity contribution is 6.33. The number of hydrogen-bond donors (Lipinski definition) is 0. The molecule has 2 atom stereocenters. The fourth-order valence-electron chi connectivity index (χ4n) is 4.68. The van der Waals surface area contributed by atoms with Gasteiger partial charge in [-0.2, -0.15) is 4.98 Å². The molecule has 0 aliphatic carbocycles. The topological polar surface area (TPSA) is 71.3 Å². The number of carbonyl (C=O) groups excluding carboxylic acids is 1. The van der Waals surface area contributed by atoms with Crippen LogP contribution in [0.3, 0.4) is 0 Å². The van der Waals surface area contributed by atoms with Crippen molar-refractivity contribution < 1.29 is 9.18 Å². The molecule has 1 aliphatic rings. The molecule has 0 N–H and O–H groups in total. The van der Waals surface area contributed by atoms with Gasteiger partial charge in [0.2, 0.25) is 5.91 Å². The van der Waals surface area contributed by atoms with Crippen LogP contribution < -0.4 is 10.6 Å². The number of aromatic nitrogens is 3. The maximum atomic E-state index is 14.7. The van der Waals surface area contributed by atoms with Gasteiger partial charge in [0, 0.05) is 37.3 Å². The predicted octanol–water partition coefficient (Wildman–Crippen LogP) is 4.91. The summed E-state index contributed by atoms with van der Waals surface area (Å²) in [6.07, 6.45) is 1.31. The third-order valence-electron chi connectivity index (χ3n) is 6.36. The predicted molar refractivity (Wildman–Crippen MR) is 142 cm³/mol. The van der Waals surface area contributed by atoms with E-state index in [1.165, 1.54) is 16.7 Å². The summed E-state index contributed by atoms with van der Waals surface area (Å²) in [5.74, 6) is -0.123. The van der Waals surface area contributed by atoms with Crippen molar-refractivity contribution in [1.82, 2.24) is 19.4 Å². The molecule has 3 heterocycles. The molecule has 9 heteroatoms. The van der Waals surface area contributed by atoms with Crippen LogP contribution in [0.15, 0.2) is 47.8 Å². The minimum absolute atomic E-state index is 0.122.